The highest BCUT2D eigenvalue weighted by molar-refractivity contribution is 7.25. The van der Waals surface area contributed by atoms with Gasteiger partial charge in [-0.15, -0.1) is 11.3 Å². The Morgan fingerprint density at radius 3 is 2.53 bits per heavy atom. The Balaban J connectivity index is 1.46. The van der Waals surface area contributed by atoms with E-state index in [-0.39, 0.29) is 0 Å². The Morgan fingerprint density at radius 2 is 1.79 bits per heavy atom. The van der Waals surface area contributed by atoms with E-state index in [1.807, 2.05) is 32.0 Å². The molecule has 5 aromatic rings. The van der Waals surface area contributed by atoms with Crippen LogP contribution in [0.3, 0.4) is 0 Å². The van der Waals surface area contributed by atoms with Crippen LogP contribution in [0.1, 0.15) is 12.6 Å². The summed E-state index contributed by atoms with van der Waals surface area (Å²) in [5.41, 5.74) is 4.87. The average molecular weight is 473 g/mol. The standard InChI is InChI=1S/C25H24N6O2S/c1-3-33-23-21-20(28-25(30-23)31-11-9-26-10-12-31)19-15(2)27-22(29-24(19)34-21)17-6-4-16(5-7-17)18-8-13-32-14-18/h4-8,13-14,26H,3,9-12H2,1-2H3. The molecule has 0 aliphatic carbocycles. The van der Waals surface area contributed by atoms with E-state index in [9.17, 15) is 0 Å². The Morgan fingerprint density at radius 1 is 1.00 bits per heavy atom. The van der Waals surface area contributed by atoms with Gasteiger partial charge in [0, 0.05) is 37.3 Å². The van der Waals surface area contributed by atoms with Crippen LogP contribution in [-0.2, 0) is 0 Å². The van der Waals surface area contributed by atoms with E-state index in [4.69, 9.17) is 29.1 Å². The smallest absolute Gasteiger partial charge is 0.236 e. The highest BCUT2D eigenvalue weighted by Crippen LogP contribution is 2.39. The summed E-state index contributed by atoms with van der Waals surface area (Å²) in [7, 11) is 0. The highest BCUT2D eigenvalue weighted by Gasteiger charge is 2.22. The molecule has 5 heterocycles. The molecule has 1 fully saturated rings. The van der Waals surface area contributed by atoms with Crippen LogP contribution in [0.15, 0.2) is 47.3 Å². The summed E-state index contributed by atoms with van der Waals surface area (Å²) in [6.07, 6.45) is 3.42. The Kier molecular flexibility index (Phi) is 5.35. The number of ether oxygens (including phenoxy) is 1. The SMILES string of the molecule is CCOc1nc(N2CCNCC2)nc2c1sc1nc(-c3ccc(-c4ccoc4)cc3)nc(C)c12. The number of aryl methyl sites for hydroxylation is 1. The number of nitrogens with zero attached hydrogens (tertiary/aromatic N) is 5. The molecule has 1 aliphatic heterocycles. The number of furan rings is 1. The van der Waals surface area contributed by atoms with Crippen molar-refractivity contribution in [3.8, 4) is 28.4 Å². The summed E-state index contributed by atoms with van der Waals surface area (Å²) in [4.78, 5) is 22.6. The minimum Gasteiger partial charge on any atom is -0.477 e. The highest BCUT2D eigenvalue weighted by atomic mass is 32.1. The average Bonchev–Trinajstić information content (AvgIpc) is 3.53. The molecule has 1 aliphatic rings. The zero-order valence-electron chi connectivity index (χ0n) is 19.0. The number of piperazine rings is 1. The van der Waals surface area contributed by atoms with Crippen molar-refractivity contribution in [1.29, 1.82) is 0 Å². The van der Waals surface area contributed by atoms with Crippen molar-refractivity contribution in [1.82, 2.24) is 25.3 Å². The zero-order valence-corrected chi connectivity index (χ0v) is 19.9. The molecule has 1 N–H and O–H groups in total. The van der Waals surface area contributed by atoms with Crippen LogP contribution in [0.25, 0.3) is 42.9 Å². The van der Waals surface area contributed by atoms with Gasteiger partial charge in [0.15, 0.2) is 5.82 Å². The van der Waals surface area contributed by atoms with Crippen LogP contribution < -0.4 is 15.0 Å². The maximum Gasteiger partial charge on any atom is 0.236 e. The number of anilines is 1. The minimum atomic E-state index is 0.542. The first-order valence-corrected chi connectivity index (χ1v) is 12.2. The second-order valence-corrected chi connectivity index (χ2v) is 9.18. The van der Waals surface area contributed by atoms with Crippen molar-refractivity contribution < 1.29 is 9.15 Å². The molecular formula is C25H24N6O2S. The van der Waals surface area contributed by atoms with Crippen LogP contribution in [0, 0.1) is 6.92 Å². The largest absolute Gasteiger partial charge is 0.477 e. The fraction of sp³-hybridized carbons (Fsp3) is 0.280. The molecular weight excluding hydrogens is 448 g/mol. The molecule has 0 unspecified atom stereocenters. The van der Waals surface area contributed by atoms with Crippen LogP contribution in [-0.4, -0.2) is 52.7 Å². The molecule has 6 rings (SSSR count). The summed E-state index contributed by atoms with van der Waals surface area (Å²) >= 11 is 1.56. The summed E-state index contributed by atoms with van der Waals surface area (Å²) in [6, 6.07) is 10.2. The van der Waals surface area contributed by atoms with Crippen LogP contribution in [0.4, 0.5) is 5.95 Å². The summed E-state index contributed by atoms with van der Waals surface area (Å²) in [5.74, 6) is 2.02. The Labute approximate surface area is 200 Å². The second-order valence-electron chi connectivity index (χ2n) is 8.18. The molecule has 1 aromatic carbocycles. The second kappa shape index (κ2) is 8.66. The molecule has 8 nitrogen and oxygen atoms in total. The van der Waals surface area contributed by atoms with E-state index in [1.54, 1.807) is 23.9 Å². The number of hydrogen-bond acceptors (Lipinski definition) is 9. The third kappa shape index (κ3) is 3.66. The zero-order chi connectivity index (χ0) is 23.1. The quantitative estimate of drug-likeness (QED) is 0.394. The van der Waals surface area contributed by atoms with Crippen molar-refractivity contribution >= 4 is 37.7 Å². The third-order valence-electron chi connectivity index (χ3n) is 5.99. The summed E-state index contributed by atoms with van der Waals surface area (Å²) in [5, 5.41) is 4.35. The maximum absolute atomic E-state index is 5.94. The number of fused-ring (bicyclic) bond motifs is 3. The van der Waals surface area contributed by atoms with Crippen LogP contribution in [0.5, 0.6) is 5.88 Å². The number of thiophene rings is 1. The number of aromatic nitrogens is 4. The molecule has 0 saturated carbocycles. The predicted octanol–water partition coefficient (Wildman–Crippen LogP) is 4.68. The molecule has 0 spiro atoms. The van der Waals surface area contributed by atoms with Crippen molar-refractivity contribution in [3.63, 3.8) is 0 Å². The van der Waals surface area contributed by atoms with Crippen LogP contribution in [0.2, 0.25) is 0 Å². The van der Waals surface area contributed by atoms with Gasteiger partial charge in [-0.1, -0.05) is 24.3 Å². The minimum absolute atomic E-state index is 0.542. The molecule has 172 valence electrons. The van der Waals surface area contributed by atoms with Crippen molar-refractivity contribution in [2.24, 2.45) is 0 Å². The van der Waals surface area contributed by atoms with Gasteiger partial charge >= 0.3 is 0 Å². The van der Waals surface area contributed by atoms with Gasteiger partial charge in [0.1, 0.15) is 15.0 Å². The lowest BCUT2D eigenvalue weighted by molar-refractivity contribution is 0.331. The van der Waals surface area contributed by atoms with Gasteiger partial charge in [0.05, 0.1) is 30.2 Å². The molecule has 9 heteroatoms. The first-order chi connectivity index (χ1) is 16.7. The van der Waals surface area contributed by atoms with Gasteiger partial charge in [-0.05, 0) is 25.5 Å². The van der Waals surface area contributed by atoms with Crippen molar-refractivity contribution in [2.75, 3.05) is 37.7 Å². The molecule has 0 radical (unpaired) electrons. The first-order valence-electron chi connectivity index (χ1n) is 11.4. The van der Waals surface area contributed by atoms with Crippen molar-refractivity contribution in [2.45, 2.75) is 13.8 Å². The number of benzene rings is 1. The van der Waals surface area contributed by atoms with E-state index < -0.39 is 0 Å². The topological polar surface area (TPSA) is 89.2 Å². The lowest BCUT2D eigenvalue weighted by Gasteiger charge is -2.27. The predicted molar refractivity (Wildman–Crippen MR) is 135 cm³/mol. The van der Waals surface area contributed by atoms with Gasteiger partial charge in [-0.3, -0.25) is 0 Å². The molecule has 4 aromatic heterocycles. The number of hydrogen-bond donors (Lipinski definition) is 1. The Hall–Kier alpha value is -3.56. The van der Waals surface area contributed by atoms with E-state index in [2.05, 4.69) is 22.3 Å². The van der Waals surface area contributed by atoms with E-state index >= 15 is 0 Å². The van der Waals surface area contributed by atoms with Crippen LogP contribution >= 0.6 is 11.3 Å². The van der Waals surface area contributed by atoms with Gasteiger partial charge in [0.25, 0.3) is 0 Å². The lowest BCUT2D eigenvalue weighted by Crippen LogP contribution is -2.44. The van der Waals surface area contributed by atoms with E-state index in [0.29, 0.717) is 24.3 Å². The number of nitrogens with one attached hydrogen (secondary N) is 1. The summed E-state index contributed by atoms with van der Waals surface area (Å²) in [6.45, 7) is 8.11. The monoisotopic (exact) mass is 472 g/mol. The normalized spacial score (nSPS) is 14.2. The molecule has 1 saturated heterocycles. The van der Waals surface area contributed by atoms with E-state index in [1.165, 1.54) is 0 Å². The number of rotatable bonds is 5. The lowest BCUT2D eigenvalue weighted by atomic mass is 10.1. The van der Waals surface area contributed by atoms with Gasteiger partial charge in [-0.2, -0.15) is 4.98 Å². The Bertz CT molecular complexity index is 1460. The molecule has 0 amide bonds. The van der Waals surface area contributed by atoms with Gasteiger partial charge < -0.3 is 19.4 Å². The molecule has 0 atom stereocenters. The summed E-state index contributed by atoms with van der Waals surface area (Å²) < 4.78 is 12.1. The van der Waals surface area contributed by atoms with Gasteiger partial charge in [-0.25, -0.2) is 15.0 Å². The third-order valence-corrected chi connectivity index (χ3v) is 7.05. The molecule has 0 bridgehead atoms. The van der Waals surface area contributed by atoms with Crippen molar-refractivity contribution in [3.05, 3.63) is 48.6 Å². The van der Waals surface area contributed by atoms with E-state index in [0.717, 1.165) is 69.0 Å². The fourth-order valence-electron chi connectivity index (χ4n) is 4.28. The fourth-order valence-corrected chi connectivity index (χ4v) is 5.39. The molecule has 34 heavy (non-hydrogen) atoms. The van der Waals surface area contributed by atoms with Gasteiger partial charge in [0.2, 0.25) is 11.8 Å². The maximum atomic E-state index is 5.94. The first kappa shape index (κ1) is 21.0.